The summed E-state index contributed by atoms with van der Waals surface area (Å²) in [7, 11) is 0. The Kier molecular flexibility index (Phi) is 7.37. The van der Waals surface area contributed by atoms with E-state index in [-0.39, 0.29) is 41.5 Å². The van der Waals surface area contributed by atoms with Crippen LogP contribution in [-0.4, -0.2) is 63.0 Å². The average molecular weight is 514 g/mol. The zero-order valence-electron chi connectivity index (χ0n) is 21.3. The van der Waals surface area contributed by atoms with Gasteiger partial charge in [-0.1, -0.05) is 63.4 Å². The van der Waals surface area contributed by atoms with E-state index in [4.69, 9.17) is 0 Å². The molecular formula is C28H39N3O4S. The molecule has 1 aliphatic carbocycles. The van der Waals surface area contributed by atoms with Crippen LogP contribution >= 0.6 is 11.8 Å². The molecule has 1 saturated carbocycles. The summed E-state index contributed by atoms with van der Waals surface area (Å²) in [5.41, 5.74) is 0.805. The Labute approximate surface area is 218 Å². The van der Waals surface area contributed by atoms with Gasteiger partial charge in [0.25, 0.3) is 0 Å². The number of likely N-dealkylation sites (tertiary alicyclic amines) is 1. The highest BCUT2D eigenvalue weighted by Gasteiger charge is 2.76. The number of hydrogen-bond acceptors (Lipinski definition) is 5. The fraction of sp³-hybridized carbons (Fsp3) is 0.679. The number of hydrogen-bond donors (Lipinski definition) is 3. The molecule has 1 aromatic carbocycles. The van der Waals surface area contributed by atoms with Crippen molar-refractivity contribution in [1.29, 1.82) is 0 Å². The van der Waals surface area contributed by atoms with Crippen molar-refractivity contribution in [3.05, 3.63) is 35.9 Å². The van der Waals surface area contributed by atoms with Crippen LogP contribution in [0, 0.1) is 17.8 Å². The normalized spacial score (nSPS) is 34.5. The van der Waals surface area contributed by atoms with Crippen molar-refractivity contribution in [3.8, 4) is 0 Å². The van der Waals surface area contributed by atoms with Crippen molar-refractivity contribution < 1.29 is 19.5 Å². The highest BCUT2D eigenvalue weighted by atomic mass is 32.2. The second kappa shape index (κ2) is 10.4. The third kappa shape index (κ3) is 4.05. The number of aliphatic hydroxyl groups is 1. The smallest absolute Gasteiger partial charge is 0.244 e. The number of thioether (sulfide) groups is 1. The van der Waals surface area contributed by atoms with Crippen molar-refractivity contribution in [2.75, 3.05) is 13.2 Å². The zero-order chi connectivity index (χ0) is 25.4. The van der Waals surface area contributed by atoms with Crippen LogP contribution in [-0.2, 0) is 14.4 Å². The quantitative estimate of drug-likeness (QED) is 0.496. The molecule has 3 amide bonds. The van der Waals surface area contributed by atoms with E-state index in [1.165, 1.54) is 6.42 Å². The molecule has 4 aliphatic rings. The summed E-state index contributed by atoms with van der Waals surface area (Å²) in [4.78, 5) is 43.5. The Morgan fingerprint density at radius 1 is 1.17 bits per heavy atom. The molecule has 36 heavy (non-hydrogen) atoms. The molecule has 0 aromatic heterocycles. The van der Waals surface area contributed by atoms with Crippen LogP contribution in [0.4, 0.5) is 0 Å². The fourth-order valence-electron chi connectivity index (χ4n) is 7.32. The van der Waals surface area contributed by atoms with Gasteiger partial charge in [-0.15, -0.1) is 11.8 Å². The molecule has 3 N–H and O–H groups in total. The van der Waals surface area contributed by atoms with Gasteiger partial charge in [0.2, 0.25) is 17.7 Å². The van der Waals surface area contributed by atoms with Crippen molar-refractivity contribution in [1.82, 2.24) is 15.5 Å². The molecule has 3 saturated heterocycles. The first-order valence-electron chi connectivity index (χ1n) is 13.7. The van der Waals surface area contributed by atoms with Gasteiger partial charge < -0.3 is 20.6 Å². The summed E-state index contributed by atoms with van der Waals surface area (Å²) in [6.07, 6.45) is 6.95. The minimum absolute atomic E-state index is 0.0299. The molecule has 3 unspecified atom stereocenters. The van der Waals surface area contributed by atoms with Gasteiger partial charge in [-0.25, -0.2) is 0 Å². The van der Waals surface area contributed by atoms with E-state index in [0.717, 1.165) is 44.1 Å². The standard InChI is InChI=1S/C28H39N3O4S/c1-3-14-29-25(33)22-21-15-17(2)28(36-21)23(22)27(35)31(20(16-32)18-10-6-4-7-11-18)24(28)26(34)30-19-12-8-5-9-13-19/h4,6-7,10-11,17,19-24,32H,3,5,8-9,12-16H2,1-2H3,(H,29,33)(H,30,34)/t17?,20-,21-,22+,23+,24?,28?/m1/s1. The van der Waals surface area contributed by atoms with Crippen molar-refractivity contribution >= 4 is 29.5 Å². The number of amides is 3. The number of aliphatic hydroxyl groups excluding tert-OH is 1. The lowest BCUT2D eigenvalue weighted by atomic mass is 9.65. The minimum Gasteiger partial charge on any atom is -0.394 e. The molecule has 7 nitrogen and oxygen atoms in total. The van der Waals surface area contributed by atoms with E-state index >= 15 is 0 Å². The Bertz CT molecular complexity index is 984. The summed E-state index contributed by atoms with van der Waals surface area (Å²) in [6, 6.07) is 8.24. The first-order chi connectivity index (χ1) is 17.4. The zero-order valence-corrected chi connectivity index (χ0v) is 22.1. The van der Waals surface area contributed by atoms with Gasteiger partial charge in [-0.2, -0.15) is 0 Å². The number of fused-ring (bicyclic) bond motifs is 1. The number of nitrogens with one attached hydrogen (secondary N) is 2. The van der Waals surface area contributed by atoms with Crippen LogP contribution in [0.5, 0.6) is 0 Å². The molecule has 196 valence electrons. The molecule has 3 heterocycles. The maximum Gasteiger partial charge on any atom is 0.244 e. The Morgan fingerprint density at radius 2 is 1.89 bits per heavy atom. The average Bonchev–Trinajstić information content (AvgIpc) is 3.48. The molecule has 1 aromatic rings. The maximum absolute atomic E-state index is 14.3. The summed E-state index contributed by atoms with van der Waals surface area (Å²) in [5, 5.41) is 16.9. The maximum atomic E-state index is 14.3. The largest absolute Gasteiger partial charge is 0.394 e. The number of nitrogens with zero attached hydrogens (tertiary/aromatic N) is 1. The van der Waals surface area contributed by atoms with E-state index in [1.54, 1.807) is 16.7 Å². The Balaban J connectivity index is 1.56. The minimum atomic E-state index is -0.719. The van der Waals surface area contributed by atoms with Gasteiger partial charge in [-0.05, 0) is 37.2 Å². The van der Waals surface area contributed by atoms with Crippen LogP contribution in [0.2, 0.25) is 0 Å². The predicted molar refractivity (Wildman–Crippen MR) is 140 cm³/mol. The third-order valence-corrected chi connectivity index (χ3v) is 11.0. The van der Waals surface area contributed by atoms with E-state index in [9.17, 15) is 19.5 Å². The number of carbonyl (C=O) groups excluding carboxylic acids is 3. The second-order valence-corrected chi connectivity index (χ2v) is 12.6. The van der Waals surface area contributed by atoms with E-state index in [2.05, 4.69) is 17.6 Å². The summed E-state index contributed by atoms with van der Waals surface area (Å²) in [5.74, 6) is -1.26. The Hall–Kier alpha value is -2.06. The van der Waals surface area contributed by atoms with Gasteiger partial charge >= 0.3 is 0 Å². The topological polar surface area (TPSA) is 98.7 Å². The van der Waals surface area contributed by atoms with Gasteiger partial charge in [0, 0.05) is 17.8 Å². The molecule has 0 radical (unpaired) electrons. The summed E-state index contributed by atoms with van der Waals surface area (Å²) < 4.78 is -0.670. The summed E-state index contributed by atoms with van der Waals surface area (Å²) in [6.45, 7) is 4.45. The van der Waals surface area contributed by atoms with Gasteiger partial charge in [-0.3, -0.25) is 14.4 Å². The molecule has 3 aliphatic heterocycles. The lowest BCUT2D eigenvalue weighted by Gasteiger charge is -2.41. The van der Waals surface area contributed by atoms with Crippen LogP contribution in [0.3, 0.4) is 0 Å². The molecular weight excluding hydrogens is 474 g/mol. The molecule has 2 bridgehead atoms. The SMILES string of the molecule is CCCNC(=O)[C@@H]1[C@H]2C(=O)N([C@H](CO)c3ccccc3)C(C(=O)NC3CCCCC3)C23S[C@@H]1CC3C. The van der Waals surface area contributed by atoms with Crippen molar-refractivity contribution in [2.45, 2.75) is 86.9 Å². The lowest BCUT2D eigenvalue weighted by Crippen LogP contribution is -2.58. The van der Waals surface area contributed by atoms with Gasteiger partial charge in [0.1, 0.15) is 6.04 Å². The number of carbonyl (C=O) groups is 3. The van der Waals surface area contributed by atoms with Crippen LogP contribution < -0.4 is 10.6 Å². The lowest BCUT2D eigenvalue weighted by molar-refractivity contribution is -0.143. The number of rotatable bonds is 8. The fourth-order valence-corrected chi connectivity index (χ4v) is 9.73. The monoisotopic (exact) mass is 513 g/mol. The molecule has 8 heteroatoms. The van der Waals surface area contributed by atoms with Crippen LogP contribution in [0.1, 0.15) is 70.4 Å². The summed E-state index contributed by atoms with van der Waals surface area (Å²) >= 11 is 1.69. The van der Waals surface area contributed by atoms with E-state index < -0.39 is 28.7 Å². The first kappa shape index (κ1) is 25.6. The molecule has 7 atom stereocenters. The number of benzene rings is 1. The van der Waals surface area contributed by atoms with Crippen LogP contribution in [0.15, 0.2) is 30.3 Å². The Morgan fingerprint density at radius 3 is 2.56 bits per heavy atom. The highest BCUT2D eigenvalue weighted by molar-refractivity contribution is 8.02. The van der Waals surface area contributed by atoms with E-state index in [0.29, 0.717) is 6.54 Å². The van der Waals surface area contributed by atoms with Crippen molar-refractivity contribution in [2.24, 2.45) is 17.8 Å². The van der Waals surface area contributed by atoms with Gasteiger partial charge in [0.15, 0.2) is 0 Å². The van der Waals surface area contributed by atoms with E-state index in [1.807, 2.05) is 37.3 Å². The molecule has 4 fully saturated rings. The first-order valence-corrected chi connectivity index (χ1v) is 14.6. The third-order valence-electron chi connectivity index (χ3n) is 8.93. The molecule has 5 rings (SSSR count). The molecule has 1 spiro atoms. The van der Waals surface area contributed by atoms with Crippen molar-refractivity contribution in [3.63, 3.8) is 0 Å². The highest BCUT2D eigenvalue weighted by Crippen LogP contribution is 2.69. The van der Waals surface area contributed by atoms with Crippen LogP contribution in [0.25, 0.3) is 0 Å². The van der Waals surface area contributed by atoms with Gasteiger partial charge in [0.05, 0.1) is 29.2 Å². The predicted octanol–water partition coefficient (Wildman–Crippen LogP) is 3.03. The second-order valence-electron chi connectivity index (χ2n) is 11.0.